The number of carbonyl (C=O) groups excluding carboxylic acids is 1. The van der Waals surface area contributed by atoms with E-state index in [4.69, 9.17) is 16.3 Å². The van der Waals surface area contributed by atoms with Gasteiger partial charge in [-0.3, -0.25) is 4.79 Å². The van der Waals surface area contributed by atoms with Crippen molar-refractivity contribution in [3.05, 3.63) is 28.3 Å². The van der Waals surface area contributed by atoms with Gasteiger partial charge in [-0.2, -0.15) is 0 Å². The first-order valence-corrected chi connectivity index (χ1v) is 6.48. The molecule has 1 aromatic carbocycles. The van der Waals surface area contributed by atoms with E-state index in [1.807, 2.05) is 26.0 Å². The maximum absolute atomic E-state index is 12.2. The monoisotopic (exact) mass is 267 g/mol. The molecule has 0 aliphatic carbocycles. The second kappa shape index (κ2) is 4.90. The van der Waals surface area contributed by atoms with E-state index in [1.165, 1.54) is 0 Å². The van der Waals surface area contributed by atoms with Crippen molar-refractivity contribution in [3.63, 3.8) is 0 Å². The molecule has 98 valence electrons. The molecular formula is C14H18ClNO2. The van der Waals surface area contributed by atoms with Crippen LogP contribution in [0.4, 0.5) is 0 Å². The highest BCUT2D eigenvalue weighted by Crippen LogP contribution is 2.33. The van der Waals surface area contributed by atoms with E-state index >= 15 is 0 Å². The Morgan fingerprint density at radius 3 is 2.89 bits per heavy atom. The smallest absolute Gasteiger partial charge is 0.156 e. The number of likely N-dealkylation sites (N-methyl/N-ethyl adjacent to an activating group) is 1. The van der Waals surface area contributed by atoms with E-state index in [9.17, 15) is 4.79 Å². The lowest BCUT2D eigenvalue weighted by Gasteiger charge is -2.22. The predicted molar refractivity (Wildman–Crippen MR) is 72.5 cm³/mol. The first kappa shape index (κ1) is 13.4. The summed E-state index contributed by atoms with van der Waals surface area (Å²) in [5.41, 5.74) is 1.46. The van der Waals surface area contributed by atoms with Gasteiger partial charge in [-0.15, -0.1) is 0 Å². The number of nitrogens with one attached hydrogen (secondary N) is 1. The fourth-order valence-corrected chi connectivity index (χ4v) is 2.27. The fourth-order valence-electron chi connectivity index (χ4n) is 2.01. The molecule has 0 amide bonds. The lowest BCUT2D eigenvalue weighted by atomic mass is 9.93. The number of ether oxygens (including phenoxy) is 1. The van der Waals surface area contributed by atoms with Gasteiger partial charge in [-0.1, -0.05) is 11.6 Å². The molecule has 0 unspecified atom stereocenters. The molecule has 0 radical (unpaired) electrons. The molecule has 0 saturated heterocycles. The first-order chi connectivity index (χ1) is 8.44. The summed E-state index contributed by atoms with van der Waals surface area (Å²) in [6, 6.07) is 3.75. The second-order valence-electron chi connectivity index (χ2n) is 5.13. The summed E-state index contributed by atoms with van der Waals surface area (Å²) in [5, 5.41) is 3.69. The Hall–Kier alpha value is -1.06. The summed E-state index contributed by atoms with van der Waals surface area (Å²) in [4.78, 5) is 12.2. The Labute approximate surface area is 112 Å². The van der Waals surface area contributed by atoms with E-state index < -0.39 is 5.54 Å². The van der Waals surface area contributed by atoms with Crippen LogP contribution in [-0.4, -0.2) is 25.0 Å². The van der Waals surface area contributed by atoms with E-state index in [1.54, 1.807) is 7.05 Å². The zero-order valence-electron chi connectivity index (χ0n) is 11.0. The van der Waals surface area contributed by atoms with Gasteiger partial charge in [0.25, 0.3) is 0 Å². The van der Waals surface area contributed by atoms with Gasteiger partial charge in [0, 0.05) is 23.4 Å². The van der Waals surface area contributed by atoms with Crippen LogP contribution in [0.2, 0.25) is 5.02 Å². The predicted octanol–water partition coefficient (Wildman–Crippen LogP) is 2.38. The number of hydrogen-bond donors (Lipinski definition) is 1. The van der Waals surface area contributed by atoms with Crippen LogP contribution in [-0.2, 0) is 17.6 Å². The summed E-state index contributed by atoms with van der Waals surface area (Å²) in [7, 11) is 1.79. The average molecular weight is 268 g/mol. The van der Waals surface area contributed by atoms with Crippen molar-refractivity contribution in [3.8, 4) is 5.75 Å². The van der Waals surface area contributed by atoms with Crippen molar-refractivity contribution in [1.82, 2.24) is 5.32 Å². The summed E-state index contributed by atoms with van der Waals surface area (Å²) < 4.78 is 5.60. The van der Waals surface area contributed by atoms with Crippen molar-refractivity contribution in [2.45, 2.75) is 32.2 Å². The van der Waals surface area contributed by atoms with Crippen LogP contribution in [0.25, 0.3) is 0 Å². The quantitative estimate of drug-likeness (QED) is 0.910. The molecule has 0 fully saturated rings. The van der Waals surface area contributed by atoms with Crippen LogP contribution in [0.3, 0.4) is 0 Å². The molecule has 1 N–H and O–H groups in total. The highest BCUT2D eigenvalue weighted by atomic mass is 35.5. The molecular weight excluding hydrogens is 250 g/mol. The number of Topliss-reactive ketones (excluding diaryl/α,β-unsaturated/α-hetero) is 1. The molecule has 18 heavy (non-hydrogen) atoms. The van der Waals surface area contributed by atoms with Crippen LogP contribution in [0.15, 0.2) is 12.1 Å². The third-order valence-corrected chi connectivity index (χ3v) is 3.72. The number of halogens is 1. The zero-order chi connectivity index (χ0) is 13.3. The van der Waals surface area contributed by atoms with Crippen molar-refractivity contribution < 1.29 is 9.53 Å². The maximum atomic E-state index is 12.2. The van der Waals surface area contributed by atoms with Crippen LogP contribution < -0.4 is 10.1 Å². The zero-order valence-corrected chi connectivity index (χ0v) is 11.7. The summed E-state index contributed by atoms with van der Waals surface area (Å²) in [5.74, 6) is 0.976. The molecule has 1 aromatic rings. The molecule has 0 saturated carbocycles. The summed E-state index contributed by atoms with van der Waals surface area (Å²) in [6.07, 6.45) is 1.21. The SMILES string of the molecule is CNC(C)(C)C(=O)Cc1cc(Cl)cc2c1OCC2. The number of ketones is 1. The Kier molecular flexibility index (Phi) is 3.64. The second-order valence-corrected chi connectivity index (χ2v) is 5.56. The topological polar surface area (TPSA) is 38.3 Å². The van der Waals surface area contributed by atoms with Crippen molar-refractivity contribution >= 4 is 17.4 Å². The minimum absolute atomic E-state index is 0.130. The third kappa shape index (κ3) is 2.52. The largest absolute Gasteiger partial charge is 0.493 e. The molecule has 1 aliphatic rings. The Morgan fingerprint density at radius 1 is 1.50 bits per heavy atom. The van der Waals surface area contributed by atoms with Gasteiger partial charge in [-0.05, 0) is 38.6 Å². The Morgan fingerprint density at radius 2 is 2.22 bits per heavy atom. The fraction of sp³-hybridized carbons (Fsp3) is 0.500. The van der Waals surface area contributed by atoms with Gasteiger partial charge >= 0.3 is 0 Å². The van der Waals surface area contributed by atoms with Crippen LogP contribution in [0.1, 0.15) is 25.0 Å². The third-order valence-electron chi connectivity index (χ3n) is 3.50. The molecule has 0 bridgehead atoms. The lowest BCUT2D eigenvalue weighted by molar-refractivity contribution is -0.123. The first-order valence-electron chi connectivity index (χ1n) is 6.10. The van der Waals surface area contributed by atoms with Crippen LogP contribution >= 0.6 is 11.6 Å². The normalized spacial score (nSPS) is 14.2. The van der Waals surface area contributed by atoms with Crippen LogP contribution in [0, 0.1) is 0 Å². The lowest BCUT2D eigenvalue weighted by Crippen LogP contribution is -2.45. The Balaban J connectivity index is 2.28. The van der Waals surface area contributed by atoms with Crippen molar-refractivity contribution in [2.75, 3.05) is 13.7 Å². The molecule has 0 spiro atoms. The van der Waals surface area contributed by atoms with Gasteiger partial charge in [-0.25, -0.2) is 0 Å². The molecule has 0 atom stereocenters. The molecule has 1 heterocycles. The summed E-state index contributed by atoms with van der Waals surface area (Å²) >= 11 is 6.08. The van der Waals surface area contributed by atoms with E-state index in [0.717, 1.165) is 23.3 Å². The van der Waals surface area contributed by atoms with Crippen molar-refractivity contribution in [2.24, 2.45) is 0 Å². The molecule has 1 aliphatic heterocycles. The highest BCUT2D eigenvalue weighted by Gasteiger charge is 2.27. The molecule has 4 heteroatoms. The van der Waals surface area contributed by atoms with Gasteiger partial charge in [0.05, 0.1) is 12.1 Å². The van der Waals surface area contributed by atoms with Gasteiger partial charge in [0.1, 0.15) is 5.75 Å². The standard InChI is InChI=1S/C14H18ClNO2/c1-14(2,16-3)12(17)8-10-7-11(15)6-9-4-5-18-13(9)10/h6-7,16H,4-5,8H2,1-3H3. The van der Waals surface area contributed by atoms with Gasteiger partial charge < -0.3 is 10.1 Å². The molecule has 2 rings (SSSR count). The van der Waals surface area contributed by atoms with E-state index in [0.29, 0.717) is 18.1 Å². The molecule has 3 nitrogen and oxygen atoms in total. The number of fused-ring (bicyclic) bond motifs is 1. The summed E-state index contributed by atoms with van der Waals surface area (Å²) in [6.45, 7) is 4.42. The van der Waals surface area contributed by atoms with Crippen LogP contribution in [0.5, 0.6) is 5.75 Å². The van der Waals surface area contributed by atoms with E-state index in [2.05, 4.69) is 5.32 Å². The van der Waals surface area contributed by atoms with E-state index in [-0.39, 0.29) is 5.78 Å². The molecule has 0 aromatic heterocycles. The maximum Gasteiger partial charge on any atom is 0.156 e. The Bertz CT molecular complexity index is 483. The number of hydrogen-bond acceptors (Lipinski definition) is 3. The van der Waals surface area contributed by atoms with Crippen molar-refractivity contribution in [1.29, 1.82) is 0 Å². The average Bonchev–Trinajstić information content (AvgIpc) is 2.76. The number of rotatable bonds is 4. The minimum atomic E-state index is -0.534. The highest BCUT2D eigenvalue weighted by molar-refractivity contribution is 6.30. The van der Waals surface area contributed by atoms with Gasteiger partial charge in [0.2, 0.25) is 0 Å². The number of benzene rings is 1. The minimum Gasteiger partial charge on any atom is -0.493 e. The van der Waals surface area contributed by atoms with Gasteiger partial charge in [0.15, 0.2) is 5.78 Å². The number of carbonyl (C=O) groups is 1.